The third kappa shape index (κ3) is 3.87. The van der Waals surface area contributed by atoms with E-state index in [1.54, 1.807) is 0 Å². The zero-order chi connectivity index (χ0) is 14.5. The lowest BCUT2D eigenvalue weighted by molar-refractivity contribution is -0.148. The first-order valence-electron chi connectivity index (χ1n) is 6.89. The van der Waals surface area contributed by atoms with Gasteiger partial charge in [-0.3, -0.25) is 9.69 Å². The first kappa shape index (κ1) is 14.7. The van der Waals surface area contributed by atoms with Crippen molar-refractivity contribution in [2.24, 2.45) is 0 Å². The average Bonchev–Trinajstić information content (AvgIpc) is 2.84. The summed E-state index contributed by atoms with van der Waals surface area (Å²) in [6, 6.07) is 5.85. The normalized spacial score (nSPS) is 13.1. The van der Waals surface area contributed by atoms with Crippen LogP contribution in [0.1, 0.15) is 26.3 Å². The van der Waals surface area contributed by atoms with Crippen LogP contribution >= 0.6 is 0 Å². The Hall–Kier alpha value is -1.75. The number of carbonyl (C=O) groups is 1. The molecule has 0 saturated heterocycles. The van der Waals surface area contributed by atoms with Crippen LogP contribution in [0.5, 0.6) is 11.5 Å². The number of fused-ring (bicyclic) bond motifs is 1. The summed E-state index contributed by atoms with van der Waals surface area (Å²) < 4.78 is 15.8. The Bertz CT molecular complexity index is 473. The maximum atomic E-state index is 11.7. The summed E-state index contributed by atoms with van der Waals surface area (Å²) in [6.07, 6.45) is -0.0771. The van der Waals surface area contributed by atoms with E-state index >= 15 is 0 Å². The maximum Gasteiger partial charge on any atom is 0.320 e. The van der Waals surface area contributed by atoms with Gasteiger partial charge < -0.3 is 14.2 Å². The summed E-state index contributed by atoms with van der Waals surface area (Å²) in [6.45, 7) is 7.76. The lowest BCUT2D eigenvalue weighted by Gasteiger charge is -2.20. The smallest absolute Gasteiger partial charge is 0.320 e. The van der Waals surface area contributed by atoms with Gasteiger partial charge in [-0.2, -0.15) is 0 Å². The van der Waals surface area contributed by atoms with Gasteiger partial charge in [-0.05, 0) is 38.1 Å². The van der Waals surface area contributed by atoms with Gasteiger partial charge in [0.25, 0.3) is 0 Å². The topological polar surface area (TPSA) is 48.0 Å². The molecular formula is C15H21NO4. The number of nitrogens with zero attached hydrogens (tertiary/aromatic N) is 1. The Balaban J connectivity index is 1.94. The van der Waals surface area contributed by atoms with Crippen molar-refractivity contribution in [3.63, 3.8) is 0 Å². The molecule has 0 fully saturated rings. The molecule has 0 N–H and O–H groups in total. The summed E-state index contributed by atoms with van der Waals surface area (Å²) >= 11 is 0. The number of esters is 1. The molecule has 1 aromatic carbocycles. The summed E-state index contributed by atoms with van der Waals surface area (Å²) in [7, 11) is 0. The highest BCUT2D eigenvalue weighted by molar-refractivity contribution is 5.71. The molecule has 20 heavy (non-hydrogen) atoms. The quantitative estimate of drug-likeness (QED) is 0.747. The summed E-state index contributed by atoms with van der Waals surface area (Å²) in [5.41, 5.74) is 1.09. The molecule has 5 nitrogen and oxygen atoms in total. The van der Waals surface area contributed by atoms with Crippen LogP contribution in [0, 0.1) is 0 Å². The molecule has 0 unspecified atom stereocenters. The van der Waals surface area contributed by atoms with E-state index < -0.39 is 0 Å². The van der Waals surface area contributed by atoms with E-state index in [1.807, 2.05) is 43.9 Å². The van der Waals surface area contributed by atoms with Crippen molar-refractivity contribution in [1.82, 2.24) is 4.90 Å². The Kier molecular flexibility index (Phi) is 4.84. The Labute approximate surface area is 119 Å². The van der Waals surface area contributed by atoms with Crippen molar-refractivity contribution in [3.8, 4) is 11.5 Å². The second-order valence-electron chi connectivity index (χ2n) is 5.03. The second-order valence-corrected chi connectivity index (χ2v) is 5.03. The van der Waals surface area contributed by atoms with Gasteiger partial charge in [0.1, 0.15) is 0 Å². The molecule has 1 aliphatic rings. The van der Waals surface area contributed by atoms with Crippen molar-refractivity contribution in [1.29, 1.82) is 0 Å². The Morgan fingerprint density at radius 3 is 2.80 bits per heavy atom. The van der Waals surface area contributed by atoms with Gasteiger partial charge in [0.15, 0.2) is 11.5 Å². The largest absolute Gasteiger partial charge is 0.462 e. The molecule has 0 aromatic heterocycles. The SMILES string of the molecule is CCN(CC(=O)OC(C)C)Cc1ccc2c(c1)OCO2. The van der Waals surface area contributed by atoms with E-state index in [4.69, 9.17) is 14.2 Å². The summed E-state index contributed by atoms with van der Waals surface area (Å²) in [4.78, 5) is 13.7. The Morgan fingerprint density at radius 1 is 1.35 bits per heavy atom. The molecule has 1 aromatic rings. The standard InChI is InChI=1S/C15H21NO4/c1-4-16(9-15(17)20-11(2)3)8-12-5-6-13-14(7-12)19-10-18-13/h5-7,11H,4,8-10H2,1-3H3. The van der Waals surface area contributed by atoms with E-state index in [9.17, 15) is 4.79 Å². The van der Waals surface area contributed by atoms with E-state index in [2.05, 4.69) is 0 Å². The third-order valence-corrected chi connectivity index (χ3v) is 3.01. The van der Waals surface area contributed by atoms with Crippen LogP contribution in [-0.4, -0.2) is 36.9 Å². The van der Waals surface area contributed by atoms with Crippen LogP contribution < -0.4 is 9.47 Å². The zero-order valence-corrected chi connectivity index (χ0v) is 12.2. The molecule has 2 rings (SSSR count). The van der Waals surface area contributed by atoms with Crippen molar-refractivity contribution < 1.29 is 19.0 Å². The molecule has 5 heteroatoms. The average molecular weight is 279 g/mol. The highest BCUT2D eigenvalue weighted by Gasteiger charge is 2.16. The minimum atomic E-state index is -0.192. The van der Waals surface area contributed by atoms with Crippen LogP contribution in [-0.2, 0) is 16.1 Å². The first-order valence-corrected chi connectivity index (χ1v) is 6.89. The molecule has 0 atom stereocenters. The highest BCUT2D eigenvalue weighted by atomic mass is 16.7. The number of hydrogen-bond acceptors (Lipinski definition) is 5. The van der Waals surface area contributed by atoms with E-state index in [-0.39, 0.29) is 18.9 Å². The number of likely N-dealkylation sites (N-methyl/N-ethyl adjacent to an activating group) is 1. The third-order valence-electron chi connectivity index (χ3n) is 3.01. The van der Waals surface area contributed by atoms with Crippen LogP contribution in [0.25, 0.3) is 0 Å². The molecule has 110 valence electrons. The van der Waals surface area contributed by atoms with Crippen LogP contribution in [0.4, 0.5) is 0 Å². The van der Waals surface area contributed by atoms with Gasteiger partial charge in [0, 0.05) is 6.54 Å². The molecule has 0 saturated carbocycles. The number of carbonyl (C=O) groups excluding carboxylic acids is 1. The van der Waals surface area contributed by atoms with Crippen molar-refractivity contribution in [2.75, 3.05) is 19.9 Å². The molecule has 1 heterocycles. The molecule has 0 amide bonds. The van der Waals surface area contributed by atoms with E-state index in [1.165, 1.54) is 0 Å². The molecule has 0 radical (unpaired) electrons. The predicted octanol–water partition coefficient (Wildman–Crippen LogP) is 2.19. The monoisotopic (exact) mass is 279 g/mol. The fraction of sp³-hybridized carbons (Fsp3) is 0.533. The van der Waals surface area contributed by atoms with Gasteiger partial charge in [-0.15, -0.1) is 0 Å². The van der Waals surface area contributed by atoms with Gasteiger partial charge in [0.05, 0.1) is 12.6 Å². The second kappa shape index (κ2) is 6.61. The number of ether oxygens (including phenoxy) is 3. The first-order chi connectivity index (χ1) is 9.58. The zero-order valence-electron chi connectivity index (χ0n) is 12.2. The molecule has 0 aliphatic carbocycles. The predicted molar refractivity (Wildman–Crippen MR) is 74.7 cm³/mol. The highest BCUT2D eigenvalue weighted by Crippen LogP contribution is 2.32. The van der Waals surface area contributed by atoms with E-state index in [0.29, 0.717) is 13.1 Å². The van der Waals surface area contributed by atoms with Crippen molar-refractivity contribution in [3.05, 3.63) is 23.8 Å². The maximum absolute atomic E-state index is 11.7. The van der Waals surface area contributed by atoms with Crippen LogP contribution in [0.15, 0.2) is 18.2 Å². The molecule has 0 spiro atoms. The molecule has 0 bridgehead atoms. The van der Waals surface area contributed by atoms with Crippen LogP contribution in [0.2, 0.25) is 0 Å². The lowest BCUT2D eigenvalue weighted by atomic mass is 10.2. The summed E-state index contributed by atoms with van der Waals surface area (Å²) in [5.74, 6) is 1.35. The number of rotatable bonds is 6. The van der Waals surface area contributed by atoms with Gasteiger partial charge in [-0.25, -0.2) is 0 Å². The van der Waals surface area contributed by atoms with Gasteiger partial charge in [0.2, 0.25) is 6.79 Å². The van der Waals surface area contributed by atoms with Crippen LogP contribution in [0.3, 0.4) is 0 Å². The Morgan fingerprint density at radius 2 is 2.10 bits per heavy atom. The number of benzene rings is 1. The van der Waals surface area contributed by atoms with Gasteiger partial charge >= 0.3 is 5.97 Å². The van der Waals surface area contributed by atoms with Gasteiger partial charge in [-0.1, -0.05) is 13.0 Å². The fourth-order valence-corrected chi connectivity index (χ4v) is 2.06. The lowest BCUT2D eigenvalue weighted by Crippen LogP contribution is -2.31. The minimum Gasteiger partial charge on any atom is -0.462 e. The summed E-state index contributed by atoms with van der Waals surface area (Å²) in [5, 5.41) is 0. The molecular weight excluding hydrogens is 258 g/mol. The van der Waals surface area contributed by atoms with Crippen molar-refractivity contribution in [2.45, 2.75) is 33.4 Å². The van der Waals surface area contributed by atoms with E-state index in [0.717, 1.165) is 23.6 Å². The fourth-order valence-electron chi connectivity index (χ4n) is 2.06. The number of hydrogen-bond donors (Lipinski definition) is 0. The minimum absolute atomic E-state index is 0.0771. The molecule has 1 aliphatic heterocycles. The van der Waals surface area contributed by atoms with Crippen molar-refractivity contribution >= 4 is 5.97 Å².